The number of hydrogen-bond acceptors (Lipinski definition) is 4. The maximum absolute atomic E-state index is 13.7. The van der Waals surface area contributed by atoms with Gasteiger partial charge in [-0.1, -0.05) is 48.5 Å². The van der Waals surface area contributed by atoms with Crippen molar-refractivity contribution in [2.45, 2.75) is 57.2 Å². The Morgan fingerprint density at radius 2 is 1.39 bits per heavy atom. The van der Waals surface area contributed by atoms with Crippen molar-refractivity contribution in [2.75, 3.05) is 20.2 Å². The predicted octanol–water partition coefficient (Wildman–Crippen LogP) is 5.32. The second-order valence-corrected chi connectivity index (χ2v) is 11.1. The fraction of sp³-hybridized carbons (Fsp3) is 0.382. The van der Waals surface area contributed by atoms with Crippen LogP contribution < -0.4 is 10.1 Å². The zero-order chi connectivity index (χ0) is 28.6. The fourth-order valence-electron chi connectivity index (χ4n) is 6.01. The first-order valence-electron chi connectivity index (χ1n) is 14.7. The number of nitrogens with one attached hydrogen (secondary N) is 1. The van der Waals surface area contributed by atoms with E-state index < -0.39 is 0 Å². The molecule has 1 heterocycles. The van der Waals surface area contributed by atoms with E-state index in [-0.39, 0.29) is 35.7 Å². The molecule has 2 fully saturated rings. The monoisotopic (exact) mass is 553 g/mol. The van der Waals surface area contributed by atoms with Gasteiger partial charge in [-0.15, -0.1) is 0 Å². The van der Waals surface area contributed by atoms with Crippen LogP contribution in [0.5, 0.6) is 5.75 Å². The summed E-state index contributed by atoms with van der Waals surface area (Å²) in [6.07, 6.45) is 4.71. The van der Waals surface area contributed by atoms with Crippen LogP contribution in [0.2, 0.25) is 0 Å². The molecule has 2 aliphatic rings. The first kappa shape index (κ1) is 28.4. The number of nitrogens with zero attached hydrogens (tertiary/aromatic N) is 2. The number of methoxy groups -OCH3 is 1. The third kappa shape index (κ3) is 7.15. The van der Waals surface area contributed by atoms with Crippen molar-refractivity contribution in [3.05, 3.63) is 102 Å². The van der Waals surface area contributed by atoms with Crippen molar-refractivity contribution >= 4 is 17.7 Å². The van der Waals surface area contributed by atoms with Crippen LogP contribution in [0.1, 0.15) is 64.8 Å². The van der Waals surface area contributed by atoms with Gasteiger partial charge in [-0.05, 0) is 80.5 Å². The molecule has 0 radical (unpaired) electrons. The highest BCUT2D eigenvalue weighted by molar-refractivity contribution is 5.95. The average Bonchev–Trinajstić information content (AvgIpc) is 3.04. The van der Waals surface area contributed by atoms with Gasteiger partial charge in [-0.25, -0.2) is 0 Å². The summed E-state index contributed by atoms with van der Waals surface area (Å²) in [4.78, 5) is 43.4. The maximum Gasteiger partial charge on any atom is 0.254 e. The van der Waals surface area contributed by atoms with E-state index >= 15 is 0 Å². The van der Waals surface area contributed by atoms with Crippen LogP contribution in [0.4, 0.5) is 0 Å². The molecular formula is C34H39N3O4. The van der Waals surface area contributed by atoms with E-state index in [1.165, 1.54) is 0 Å². The van der Waals surface area contributed by atoms with Crippen LogP contribution in [0.25, 0.3) is 0 Å². The van der Waals surface area contributed by atoms with Crippen molar-refractivity contribution in [1.29, 1.82) is 0 Å². The third-order valence-corrected chi connectivity index (χ3v) is 8.45. The molecule has 0 bridgehead atoms. The molecule has 1 aliphatic heterocycles. The highest BCUT2D eigenvalue weighted by Crippen LogP contribution is 2.28. The zero-order valence-electron chi connectivity index (χ0n) is 23.7. The molecule has 214 valence electrons. The van der Waals surface area contributed by atoms with Crippen LogP contribution >= 0.6 is 0 Å². The van der Waals surface area contributed by atoms with E-state index in [9.17, 15) is 14.4 Å². The number of ether oxygens (including phenoxy) is 1. The molecule has 3 aromatic carbocycles. The maximum atomic E-state index is 13.7. The van der Waals surface area contributed by atoms with Gasteiger partial charge >= 0.3 is 0 Å². The molecular weight excluding hydrogens is 514 g/mol. The summed E-state index contributed by atoms with van der Waals surface area (Å²) in [5.74, 6) is 0.795. The number of benzene rings is 3. The van der Waals surface area contributed by atoms with E-state index in [0.29, 0.717) is 43.6 Å². The molecule has 0 unspecified atom stereocenters. The molecule has 1 saturated heterocycles. The summed E-state index contributed by atoms with van der Waals surface area (Å²) in [5.41, 5.74) is 2.44. The molecule has 1 aliphatic carbocycles. The largest absolute Gasteiger partial charge is 0.497 e. The van der Waals surface area contributed by atoms with E-state index in [1.54, 1.807) is 7.11 Å². The Morgan fingerprint density at radius 3 is 2.00 bits per heavy atom. The number of rotatable bonds is 8. The lowest BCUT2D eigenvalue weighted by atomic mass is 9.88. The van der Waals surface area contributed by atoms with Crippen molar-refractivity contribution in [2.24, 2.45) is 5.92 Å². The van der Waals surface area contributed by atoms with Crippen molar-refractivity contribution in [3.63, 3.8) is 0 Å². The van der Waals surface area contributed by atoms with Crippen LogP contribution in [-0.4, -0.2) is 59.8 Å². The smallest absolute Gasteiger partial charge is 0.254 e. The summed E-state index contributed by atoms with van der Waals surface area (Å²) >= 11 is 0. The van der Waals surface area contributed by atoms with E-state index in [0.717, 1.165) is 37.0 Å². The second kappa shape index (κ2) is 13.5. The minimum atomic E-state index is -0.0706. The van der Waals surface area contributed by atoms with Gasteiger partial charge in [-0.3, -0.25) is 14.4 Å². The van der Waals surface area contributed by atoms with Gasteiger partial charge in [-0.2, -0.15) is 0 Å². The van der Waals surface area contributed by atoms with Crippen LogP contribution in [0, 0.1) is 5.92 Å². The lowest BCUT2D eigenvalue weighted by Gasteiger charge is -2.38. The third-order valence-electron chi connectivity index (χ3n) is 8.45. The fourth-order valence-corrected chi connectivity index (χ4v) is 6.01. The molecule has 0 spiro atoms. The zero-order valence-corrected chi connectivity index (χ0v) is 23.7. The van der Waals surface area contributed by atoms with Crippen LogP contribution in [0.15, 0.2) is 84.9 Å². The first-order valence-corrected chi connectivity index (χ1v) is 14.7. The second-order valence-electron chi connectivity index (χ2n) is 11.1. The van der Waals surface area contributed by atoms with Gasteiger partial charge in [0, 0.05) is 48.8 Å². The number of carbonyl (C=O) groups is 3. The Bertz CT molecular complexity index is 1300. The number of amides is 3. The van der Waals surface area contributed by atoms with Gasteiger partial charge in [0.15, 0.2) is 0 Å². The van der Waals surface area contributed by atoms with Crippen molar-refractivity contribution < 1.29 is 19.1 Å². The summed E-state index contributed by atoms with van der Waals surface area (Å²) in [5, 5.41) is 3.29. The molecule has 0 atom stereocenters. The summed E-state index contributed by atoms with van der Waals surface area (Å²) in [6.45, 7) is 1.74. The SMILES string of the molecule is COc1ccc(C(=O)N(Cc2ccccc2)C2CCC(NC(=O)C3CCN(C(=O)c4ccccc4)CC3)CC2)cc1. The highest BCUT2D eigenvalue weighted by atomic mass is 16.5. The molecule has 5 rings (SSSR count). The van der Waals surface area contributed by atoms with E-state index in [1.807, 2.05) is 82.6 Å². The Morgan fingerprint density at radius 1 is 0.780 bits per heavy atom. The Labute approximate surface area is 242 Å². The van der Waals surface area contributed by atoms with Crippen molar-refractivity contribution in [1.82, 2.24) is 15.1 Å². The normalized spacial score (nSPS) is 19.3. The van der Waals surface area contributed by atoms with Gasteiger partial charge < -0.3 is 19.9 Å². The minimum absolute atomic E-state index is 0.0146. The minimum Gasteiger partial charge on any atom is -0.497 e. The summed E-state index contributed by atoms with van der Waals surface area (Å²) < 4.78 is 5.27. The quantitative estimate of drug-likeness (QED) is 0.410. The molecule has 7 nitrogen and oxygen atoms in total. The van der Waals surface area contributed by atoms with Gasteiger partial charge in [0.2, 0.25) is 5.91 Å². The summed E-state index contributed by atoms with van der Waals surface area (Å²) in [7, 11) is 1.62. The molecule has 41 heavy (non-hydrogen) atoms. The topological polar surface area (TPSA) is 79.0 Å². The Hall–Kier alpha value is -4.13. The molecule has 0 aromatic heterocycles. The average molecular weight is 554 g/mol. The standard InChI is InChI=1S/C34H39N3O4/c1-41-31-18-12-28(13-19-31)34(40)37(24-25-8-4-2-5-9-25)30-16-14-29(15-17-30)35-32(38)26-20-22-36(23-21-26)33(39)27-10-6-3-7-11-27/h2-13,18-19,26,29-30H,14-17,20-24H2,1H3,(H,35,38). The molecule has 3 amide bonds. The van der Waals surface area contributed by atoms with Crippen LogP contribution in [-0.2, 0) is 11.3 Å². The van der Waals surface area contributed by atoms with E-state index in [2.05, 4.69) is 17.4 Å². The summed E-state index contributed by atoms with van der Waals surface area (Å²) in [6, 6.07) is 26.9. The van der Waals surface area contributed by atoms with Gasteiger partial charge in [0.05, 0.1) is 7.11 Å². The lowest BCUT2D eigenvalue weighted by Crippen LogP contribution is -2.48. The number of piperidine rings is 1. The van der Waals surface area contributed by atoms with Crippen molar-refractivity contribution in [3.8, 4) is 5.75 Å². The lowest BCUT2D eigenvalue weighted by molar-refractivity contribution is -0.127. The Kier molecular flexibility index (Phi) is 9.34. The highest BCUT2D eigenvalue weighted by Gasteiger charge is 2.33. The molecule has 1 N–H and O–H groups in total. The molecule has 1 saturated carbocycles. The van der Waals surface area contributed by atoms with E-state index in [4.69, 9.17) is 4.74 Å². The number of carbonyl (C=O) groups excluding carboxylic acids is 3. The number of hydrogen-bond donors (Lipinski definition) is 1. The molecule has 7 heteroatoms. The van der Waals surface area contributed by atoms with Crippen LogP contribution in [0.3, 0.4) is 0 Å². The van der Waals surface area contributed by atoms with Gasteiger partial charge in [0.1, 0.15) is 5.75 Å². The number of likely N-dealkylation sites (tertiary alicyclic amines) is 1. The molecule has 3 aromatic rings. The Balaban J connectivity index is 1.15. The first-order chi connectivity index (χ1) is 20.0. The van der Waals surface area contributed by atoms with Gasteiger partial charge in [0.25, 0.3) is 11.8 Å². The predicted molar refractivity (Wildman–Crippen MR) is 159 cm³/mol.